The lowest BCUT2D eigenvalue weighted by atomic mass is 9.96. The molecular weight excluding hydrogens is 327 g/mol. The average molecular weight is 353 g/mol. The van der Waals surface area contributed by atoms with Crippen molar-refractivity contribution in [1.82, 2.24) is 4.67 Å². The smallest absolute Gasteiger partial charge is 0.158 e. The van der Waals surface area contributed by atoms with Crippen molar-refractivity contribution in [3.8, 4) is 0 Å². The SMILES string of the molecule is O=P1(N2CC[NH+](C(c3ccccc3)c3ccccc3)CC2)CC=CC1. The summed E-state index contributed by atoms with van der Waals surface area (Å²) in [5, 5.41) is 0. The molecule has 130 valence electrons. The number of quaternary nitrogens is 1. The molecule has 2 aliphatic rings. The zero-order chi connectivity index (χ0) is 17.1. The maximum absolute atomic E-state index is 13.0. The van der Waals surface area contributed by atoms with Crippen LogP contribution in [0.5, 0.6) is 0 Å². The van der Waals surface area contributed by atoms with Gasteiger partial charge in [0.25, 0.3) is 0 Å². The van der Waals surface area contributed by atoms with Gasteiger partial charge in [0.2, 0.25) is 0 Å². The molecular formula is C21H26N2OP+. The van der Waals surface area contributed by atoms with Gasteiger partial charge in [-0.3, -0.25) is 0 Å². The van der Waals surface area contributed by atoms with E-state index in [1.54, 1.807) is 4.90 Å². The summed E-state index contributed by atoms with van der Waals surface area (Å²) in [4.78, 5) is 1.58. The van der Waals surface area contributed by atoms with Crippen LogP contribution < -0.4 is 4.90 Å². The highest BCUT2D eigenvalue weighted by atomic mass is 31.2. The lowest BCUT2D eigenvalue weighted by Crippen LogP contribution is -3.15. The van der Waals surface area contributed by atoms with E-state index in [9.17, 15) is 4.57 Å². The molecule has 1 saturated heterocycles. The summed E-state index contributed by atoms with van der Waals surface area (Å²) in [5.74, 6) is 0. The Bertz CT molecular complexity index is 715. The Hall–Kier alpha value is -1.67. The number of benzene rings is 2. The summed E-state index contributed by atoms with van der Waals surface area (Å²) < 4.78 is 15.3. The van der Waals surface area contributed by atoms with Gasteiger partial charge in [-0.1, -0.05) is 72.8 Å². The van der Waals surface area contributed by atoms with E-state index in [2.05, 4.69) is 77.5 Å². The molecule has 0 radical (unpaired) electrons. The van der Waals surface area contributed by atoms with Gasteiger partial charge in [0.1, 0.15) is 6.04 Å². The van der Waals surface area contributed by atoms with Gasteiger partial charge in [0, 0.05) is 23.5 Å². The molecule has 3 nitrogen and oxygen atoms in total. The predicted octanol–water partition coefficient (Wildman–Crippen LogP) is 2.82. The molecule has 2 aromatic rings. The lowest BCUT2D eigenvalue weighted by Gasteiger charge is -2.39. The Morgan fingerprint density at radius 1 is 0.800 bits per heavy atom. The summed E-state index contributed by atoms with van der Waals surface area (Å²) >= 11 is 0. The largest absolute Gasteiger partial charge is 0.323 e. The van der Waals surface area contributed by atoms with Crippen LogP contribution in [-0.2, 0) is 4.57 Å². The number of nitrogens with one attached hydrogen (secondary N) is 1. The Morgan fingerprint density at radius 2 is 1.28 bits per heavy atom. The second-order valence-corrected chi connectivity index (χ2v) is 10.0. The van der Waals surface area contributed by atoms with Crippen molar-refractivity contribution in [3.05, 3.63) is 83.9 Å². The van der Waals surface area contributed by atoms with Crippen LogP contribution in [0.2, 0.25) is 0 Å². The van der Waals surface area contributed by atoms with Gasteiger partial charge in [-0.15, -0.1) is 0 Å². The van der Waals surface area contributed by atoms with E-state index in [0.717, 1.165) is 38.5 Å². The monoisotopic (exact) mass is 353 g/mol. The average Bonchev–Trinajstić information content (AvgIpc) is 3.12. The standard InChI is InChI=1S/C21H25N2OP/c24-25(17-7-8-18-25)23-15-13-22(14-16-23)21(19-9-3-1-4-10-19)20-11-5-2-6-12-20/h1-12,21H,13-18H2/p+1. The Labute approximate surface area is 150 Å². The molecule has 2 heterocycles. The van der Waals surface area contributed by atoms with Crippen molar-refractivity contribution in [2.75, 3.05) is 38.5 Å². The minimum atomic E-state index is -2.14. The third-order valence-electron chi connectivity index (χ3n) is 5.52. The van der Waals surface area contributed by atoms with E-state index in [0.29, 0.717) is 6.04 Å². The van der Waals surface area contributed by atoms with Crippen LogP contribution >= 0.6 is 7.29 Å². The first-order chi connectivity index (χ1) is 12.3. The topological polar surface area (TPSA) is 24.8 Å². The van der Waals surface area contributed by atoms with Gasteiger partial charge in [-0.2, -0.15) is 0 Å². The Balaban J connectivity index is 1.54. The van der Waals surface area contributed by atoms with Gasteiger partial charge in [0.05, 0.1) is 26.2 Å². The molecule has 0 amide bonds. The van der Waals surface area contributed by atoms with Crippen LogP contribution in [0.25, 0.3) is 0 Å². The van der Waals surface area contributed by atoms with E-state index in [-0.39, 0.29) is 0 Å². The molecule has 0 saturated carbocycles. The van der Waals surface area contributed by atoms with E-state index in [1.165, 1.54) is 11.1 Å². The molecule has 0 aromatic heterocycles. The highest BCUT2D eigenvalue weighted by molar-refractivity contribution is 7.62. The second kappa shape index (κ2) is 7.29. The summed E-state index contributed by atoms with van der Waals surface area (Å²) in [5.41, 5.74) is 2.73. The molecule has 1 fully saturated rings. The molecule has 0 aliphatic carbocycles. The third-order valence-corrected chi connectivity index (χ3v) is 8.51. The quantitative estimate of drug-likeness (QED) is 0.675. The van der Waals surface area contributed by atoms with Crippen molar-refractivity contribution < 1.29 is 9.46 Å². The van der Waals surface area contributed by atoms with Gasteiger partial charge >= 0.3 is 0 Å². The lowest BCUT2D eigenvalue weighted by molar-refractivity contribution is -0.929. The molecule has 2 aromatic carbocycles. The van der Waals surface area contributed by atoms with Gasteiger partial charge in [-0.25, -0.2) is 4.67 Å². The summed E-state index contributed by atoms with van der Waals surface area (Å²) in [6, 6.07) is 22.0. The molecule has 0 atom stereocenters. The van der Waals surface area contributed by atoms with E-state index in [4.69, 9.17) is 0 Å². The second-order valence-electron chi connectivity index (χ2n) is 7.05. The van der Waals surface area contributed by atoms with Crippen LogP contribution in [-0.4, -0.2) is 43.2 Å². The van der Waals surface area contributed by atoms with E-state index < -0.39 is 7.29 Å². The van der Waals surface area contributed by atoms with Crippen LogP contribution in [0.15, 0.2) is 72.8 Å². The maximum Gasteiger partial charge on any atom is 0.158 e. The highest BCUT2D eigenvalue weighted by Gasteiger charge is 2.37. The minimum Gasteiger partial charge on any atom is -0.323 e. The first-order valence-electron chi connectivity index (χ1n) is 9.19. The normalized spacial score (nSPS) is 21.0. The van der Waals surface area contributed by atoms with Gasteiger partial charge < -0.3 is 9.46 Å². The first kappa shape index (κ1) is 16.8. The third kappa shape index (κ3) is 3.50. The van der Waals surface area contributed by atoms with Crippen LogP contribution in [0.1, 0.15) is 17.2 Å². The Morgan fingerprint density at radius 3 is 1.76 bits per heavy atom. The van der Waals surface area contributed by atoms with Crippen molar-refractivity contribution in [1.29, 1.82) is 0 Å². The highest BCUT2D eigenvalue weighted by Crippen LogP contribution is 2.52. The van der Waals surface area contributed by atoms with Gasteiger partial charge in [-0.05, 0) is 0 Å². The number of allylic oxidation sites excluding steroid dienone is 2. The van der Waals surface area contributed by atoms with Crippen LogP contribution in [0.3, 0.4) is 0 Å². The molecule has 0 bridgehead atoms. The zero-order valence-corrected chi connectivity index (χ0v) is 15.4. The number of nitrogens with zero attached hydrogens (tertiary/aromatic N) is 1. The van der Waals surface area contributed by atoms with Crippen LogP contribution in [0.4, 0.5) is 0 Å². The first-order valence-corrected chi connectivity index (χ1v) is 11.2. The fourth-order valence-electron chi connectivity index (χ4n) is 4.17. The van der Waals surface area contributed by atoms with Crippen molar-refractivity contribution in [2.45, 2.75) is 6.04 Å². The van der Waals surface area contributed by atoms with Crippen molar-refractivity contribution in [2.24, 2.45) is 0 Å². The minimum absolute atomic E-state index is 0.354. The fourth-order valence-corrected chi connectivity index (χ4v) is 6.67. The van der Waals surface area contributed by atoms with Crippen molar-refractivity contribution >= 4 is 7.29 Å². The predicted molar refractivity (Wildman–Crippen MR) is 103 cm³/mol. The number of hydrogen-bond acceptors (Lipinski definition) is 1. The Kier molecular flexibility index (Phi) is 4.89. The maximum atomic E-state index is 13.0. The molecule has 4 rings (SSSR count). The molecule has 25 heavy (non-hydrogen) atoms. The molecule has 4 heteroatoms. The molecule has 1 N–H and O–H groups in total. The van der Waals surface area contributed by atoms with E-state index in [1.807, 2.05) is 0 Å². The molecule has 0 spiro atoms. The number of hydrogen-bond donors (Lipinski definition) is 1. The van der Waals surface area contributed by atoms with Crippen molar-refractivity contribution in [3.63, 3.8) is 0 Å². The summed E-state index contributed by atoms with van der Waals surface area (Å²) in [6.45, 7) is 3.95. The van der Waals surface area contributed by atoms with Crippen LogP contribution in [0, 0.1) is 0 Å². The zero-order valence-electron chi connectivity index (χ0n) is 14.6. The summed E-state index contributed by atoms with van der Waals surface area (Å²) in [6.07, 6.45) is 5.72. The number of rotatable bonds is 4. The molecule has 0 unspecified atom stereocenters. The van der Waals surface area contributed by atoms with Gasteiger partial charge in [0.15, 0.2) is 7.29 Å². The van der Waals surface area contributed by atoms with E-state index >= 15 is 0 Å². The summed E-state index contributed by atoms with van der Waals surface area (Å²) in [7, 11) is -2.14. The fraction of sp³-hybridized carbons (Fsp3) is 0.333. The molecule has 2 aliphatic heterocycles. The number of piperazine rings is 1.